The van der Waals surface area contributed by atoms with E-state index in [0.29, 0.717) is 0 Å². The molecule has 0 aromatic carbocycles. The molecule has 1 aliphatic carbocycles. The molecule has 1 saturated carbocycles. The Morgan fingerprint density at radius 3 is 2.92 bits per heavy atom. The van der Waals surface area contributed by atoms with Crippen LogP contribution in [-0.4, -0.2) is 22.2 Å². The van der Waals surface area contributed by atoms with Gasteiger partial charge in [-0.15, -0.1) is 0 Å². The quantitative estimate of drug-likeness (QED) is 0.713. The van der Waals surface area contributed by atoms with Gasteiger partial charge in [-0.25, -0.2) is 0 Å². The summed E-state index contributed by atoms with van der Waals surface area (Å²) < 4.78 is 0. The van der Waals surface area contributed by atoms with Crippen LogP contribution >= 0.6 is 0 Å². The molecule has 0 spiro atoms. The largest absolute Gasteiger partial charge is 0.394 e. The van der Waals surface area contributed by atoms with Crippen molar-refractivity contribution in [3.8, 4) is 0 Å². The molecule has 0 atom stereocenters. The molecule has 70 valence electrons. The maximum atomic E-state index is 9.06. The highest BCUT2D eigenvalue weighted by molar-refractivity contribution is 5.10. The van der Waals surface area contributed by atoms with Crippen molar-refractivity contribution in [1.82, 2.24) is 10.3 Å². The van der Waals surface area contributed by atoms with Crippen molar-refractivity contribution < 1.29 is 5.11 Å². The van der Waals surface area contributed by atoms with Crippen LogP contribution in [0.5, 0.6) is 0 Å². The van der Waals surface area contributed by atoms with Crippen LogP contribution in [0.2, 0.25) is 0 Å². The zero-order chi connectivity index (χ0) is 9.15. The van der Waals surface area contributed by atoms with Gasteiger partial charge in [-0.05, 0) is 24.5 Å². The molecule has 1 aliphatic rings. The third-order valence-electron chi connectivity index (χ3n) is 2.55. The van der Waals surface area contributed by atoms with E-state index in [1.165, 1.54) is 5.56 Å². The summed E-state index contributed by atoms with van der Waals surface area (Å²) in [6.45, 7) is 1.04. The molecule has 0 bridgehead atoms. The number of aromatic nitrogens is 1. The molecule has 1 fully saturated rings. The van der Waals surface area contributed by atoms with Gasteiger partial charge in [-0.3, -0.25) is 4.98 Å². The summed E-state index contributed by atoms with van der Waals surface area (Å²) in [5.41, 5.74) is 1.19. The number of hydrogen-bond acceptors (Lipinski definition) is 3. The van der Waals surface area contributed by atoms with E-state index >= 15 is 0 Å². The Kier molecular flexibility index (Phi) is 2.29. The maximum absolute atomic E-state index is 9.06. The highest BCUT2D eigenvalue weighted by Gasteiger charge is 2.41. The Bertz CT molecular complexity index is 270. The van der Waals surface area contributed by atoms with Gasteiger partial charge in [0.25, 0.3) is 0 Å². The Labute approximate surface area is 77.8 Å². The average Bonchev–Trinajstić information content (AvgIpc) is 2.97. The lowest BCUT2D eigenvalue weighted by Gasteiger charge is -2.13. The molecule has 0 unspecified atom stereocenters. The van der Waals surface area contributed by atoms with Crippen LogP contribution in [0.4, 0.5) is 0 Å². The number of nitrogens with zero attached hydrogens (tertiary/aromatic N) is 1. The lowest BCUT2D eigenvalue weighted by atomic mass is 10.2. The first kappa shape index (κ1) is 8.66. The van der Waals surface area contributed by atoms with E-state index in [-0.39, 0.29) is 12.1 Å². The predicted molar refractivity (Wildman–Crippen MR) is 50.1 cm³/mol. The first-order chi connectivity index (χ1) is 6.35. The van der Waals surface area contributed by atoms with Crippen molar-refractivity contribution in [2.75, 3.05) is 6.61 Å². The molecular formula is C10H14N2O. The molecule has 2 rings (SSSR count). The number of pyridine rings is 1. The zero-order valence-electron chi connectivity index (χ0n) is 7.53. The molecule has 13 heavy (non-hydrogen) atoms. The minimum atomic E-state index is 0.0237. The predicted octanol–water partition coefficient (Wildman–Crippen LogP) is 0.696. The highest BCUT2D eigenvalue weighted by atomic mass is 16.3. The minimum absolute atomic E-state index is 0.0237. The Balaban J connectivity index is 1.86. The van der Waals surface area contributed by atoms with Gasteiger partial charge in [0.2, 0.25) is 0 Å². The van der Waals surface area contributed by atoms with Gasteiger partial charge in [0, 0.05) is 24.5 Å². The Morgan fingerprint density at radius 2 is 2.38 bits per heavy atom. The summed E-state index contributed by atoms with van der Waals surface area (Å²) in [7, 11) is 0. The first-order valence-corrected chi connectivity index (χ1v) is 4.59. The Morgan fingerprint density at radius 1 is 1.54 bits per heavy atom. The van der Waals surface area contributed by atoms with Gasteiger partial charge >= 0.3 is 0 Å². The molecule has 3 nitrogen and oxygen atoms in total. The minimum Gasteiger partial charge on any atom is -0.394 e. The van der Waals surface area contributed by atoms with Gasteiger partial charge in [0.05, 0.1) is 6.61 Å². The van der Waals surface area contributed by atoms with Crippen LogP contribution in [0.1, 0.15) is 18.4 Å². The zero-order valence-corrected chi connectivity index (χ0v) is 7.53. The molecule has 1 aromatic heterocycles. The lowest BCUT2D eigenvalue weighted by Crippen LogP contribution is -2.34. The van der Waals surface area contributed by atoms with E-state index in [0.717, 1.165) is 19.4 Å². The van der Waals surface area contributed by atoms with Gasteiger partial charge in [0.15, 0.2) is 0 Å². The molecule has 2 N–H and O–H groups in total. The summed E-state index contributed by atoms with van der Waals surface area (Å²) in [5, 5.41) is 12.4. The molecule has 3 heteroatoms. The summed E-state index contributed by atoms with van der Waals surface area (Å²) in [6, 6.07) is 3.96. The first-order valence-electron chi connectivity index (χ1n) is 4.59. The van der Waals surface area contributed by atoms with Crippen molar-refractivity contribution in [2.45, 2.75) is 24.9 Å². The molecular weight excluding hydrogens is 164 g/mol. The fraction of sp³-hybridized carbons (Fsp3) is 0.500. The van der Waals surface area contributed by atoms with Crippen LogP contribution in [0.25, 0.3) is 0 Å². The van der Waals surface area contributed by atoms with Crippen molar-refractivity contribution >= 4 is 0 Å². The fourth-order valence-electron chi connectivity index (χ4n) is 1.33. The smallest absolute Gasteiger partial charge is 0.0613 e. The normalized spacial score (nSPS) is 18.5. The van der Waals surface area contributed by atoms with E-state index in [1.54, 1.807) is 6.20 Å². The summed E-state index contributed by atoms with van der Waals surface area (Å²) in [6.07, 6.45) is 5.79. The SMILES string of the molecule is OCC1(NCc2cccnc2)CC1. The lowest BCUT2D eigenvalue weighted by molar-refractivity contribution is 0.229. The molecule has 1 heterocycles. The fourth-order valence-corrected chi connectivity index (χ4v) is 1.33. The number of aliphatic hydroxyl groups excluding tert-OH is 1. The maximum Gasteiger partial charge on any atom is 0.0613 e. The van der Waals surface area contributed by atoms with Crippen molar-refractivity contribution in [3.05, 3.63) is 30.1 Å². The van der Waals surface area contributed by atoms with Crippen LogP contribution in [0, 0.1) is 0 Å². The Hall–Kier alpha value is -0.930. The number of hydrogen-bond donors (Lipinski definition) is 2. The van der Waals surface area contributed by atoms with E-state index in [4.69, 9.17) is 5.11 Å². The number of nitrogens with one attached hydrogen (secondary N) is 1. The molecule has 1 aromatic rings. The summed E-state index contributed by atoms with van der Waals surface area (Å²) >= 11 is 0. The summed E-state index contributed by atoms with van der Waals surface area (Å²) in [4.78, 5) is 4.03. The van der Waals surface area contributed by atoms with Crippen LogP contribution in [-0.2, 0) is 6.54 Å². The molecule has 0 radical (unpaired) electrons. The van der Waals surface area contributed by atoms with Gasteiger partial charge < -0.3 is 10.4 Å². The summed E-state index contributed by atoms with van der Waals surface area (Å²) in [5.74, 6) is 0. The molecule has 0 saturated heterocycles. The van der Waals surface area contributed by atoms with Crippen molar-refractivity contribution in [3.63, 3.8) is 0 Å². The van der Waals surface area contributed by atoms with Gasteiger partial charge in [-0.1, -0.05) is 6.07 Å². The van der Waals surface area contributed by atoms with Crippen LogP contribution in [0.3, 0.4) is 0 Å². The van der Waals surface area contributed by atoms with E-state index < -0.39 is 0 Å². The molecule has 0 amide bonds. The van der Waals surface area contributed by atoms with Gasteiger partial charge in [-0.2, -0.15) is 0 Å². The second-order valence-corrected chi connectivity index (χ2v) is 3.65. The monoisotopic (exact) mass is 178 g/mol. The van der Waals surface area contributed by atoms with E-state index in [1.807, 2.05) is 18.3 Å². The third-order valence-corrected chi connectivity index (χ3v) is 2.55. The topological polar surface area (TPSA) is 45.1 Å². The van der Waals surface area contributed by atoms with E-state index in [2.05, 4.69) is 10.3 Å². The standard InChI is InChI=1S/C10H14N2O/c13-8-10(3-4-10)12-7-9-2-1-5-11-6-9/h1-2,5-6,12-13H,3-4,7-8H2. The average molecular weight is 178 g/mol. The number of aliphatic hydroxyl groups is 1. The van der Waals surface area contributed by atoms with Crippen molar-refractivity contribution in [1.29, 1.82) is 0 Å². The second kappa shape index (κ2) is 3.44. The second-order valence-electron chi connectivity index (χ2n) is 3.65. The van der Waals surface area contributed by atoms with Crippen LogP contribution < -0.4 is 5.32 Å². The van der Waals surface area contributed by atoms with Crippen LogP contribution in [0.15, 0.2) is 24.5 Å². The highest BCUT2D eigenvalue weighted by Crippen LogP contribution is 2.34. The number of rotatable bonds is 4. The molecule has 0 aliphatic heterocycles. The third kappa shape index (κ3) is 2.05. The van der Waals surface area contributed by atoms with Crippen molar-refractivity contribution in [2.24, 2.45) is 0 Å². The van der Waals surface area contributed by atoms with Gasteiger partial charge in [0.1, 0.15) is 0 Å². The van der Waals surface area contributed by atoms with E-state index in [9.17, 15) is 0 Å².